The average molecular weight is 309 g/mol. The molecule has 9 heteroatoms. The third-order valence-corrected chi connectivity index (χ3v) is 2.90. The summed E-state index contributed by atoms with van der Waals surface area (Å²) < 4.78 is 75.6. The molecule has 114 valence electrons. The molecule has 1 saturated carbocycles. The lowest BCUT2D eigenvalue weighted by atomic mass is 10.2. The molecule has 1 aliphatic carbocycles. The summed E-state index contributed by atoms with van der Waals surface area (Å²) in [6, 6.07) is 2.48. The number of rotatable bonds is 3. The van der Waals surface area contributed by atoms with Gasteiger partial charge in [-0.3, -0.25) is 0 Å². The molecule has 1 fully saturated rings. The van der Waals surface area contributed by atoms with Crippen LogP contribution in [-0.2, 0) is 6.18 Å². The Morgan fingerprint density at radius 3 is 2.24 bits per heavy atom. The van der Waals surface area contributed by atoms with Crippen LogP contribution in [0.5, 0.6) is 0 Å². The number of nitrogens with zero attached hydrogens (tertiary/aromatic N) is 3. The van der Waals surface area contributed by atoms with Crippen molar-refractivity contribution < 1.29 is 26.3 Å². The number of halogens is 6. The van der Waals surface area contributed by atoms with E-state index in [-0.39, 0.29) is 5.56 Å². The normalized spacial score (nSPS) is 15.7. The summed E-state index contributed by atoms with van der Waals surface area (Å²) in [5.74, 6) is -0.563. The zero-order valence-electron chi connectivity index (χ0n) is 10.5. The van der Waals surface area contributed by atoms with Crippen molar-refractivity contribution in [3.05, 3.63) is 23.4 Å². The quantitative estimate of drug-likeness (QED) is 0.802. The Morgan fingerprint density at radius 2 is 1.81 bits per heavy atom. The molecule has 0 atom stereocenters. The maximum Gasteiger partial charge on any atom is 0.433 e. The highest BCUT2D eigenvalue weighted by atomic mass is 19.4. The van der Waals surface area contributed by atoms with Crippen molar-refractivity contribution in [3.8, 4) is 6.07 Å². The molecule has 3 nitrogen and oxygen atoms in total. The molecule has 1 aromatic heterocycles. The smallest absolute Gasteiger partial charge is 0.343 e. The van der Waals surface area contributed by atoms with E-state index in [1.807, 2.05) is 0 Å². The van der Waals surface area contributed by atoms with Gasteiger partial charge in [-0.05, 0) is 25.0 Å². The van der Waals surface area contributed by atoms with Gasteiger partial charge in [-0.1, -0.05) is 0 Å². The second-order valence-corrected chi connectivity index (χ2v) is 4.65. The molecule has 0 unspecified atom stereocenters. The van der Waals surface area contributed by atoms with Crippen LogP contribution in [0, 0.1) is 11.3 Å². The van der Waals surface area contributed by atoms with E-state index in [0.717, 1.165) is 11.0 Å². The van der Waals surface area contributed by atoms with Crippen LogP contribution in [0.15, 0.2) is 12.1 Å². The van der Waals surface area contributed by atoms with Crippen LogP contribution in [-0.4, -0.2) is 23.7 Å². The maximum atomic E-state index is 12.6. The molecule has 0 N–H and O–H groups in total. The van der Waals surface area contributed by atoms with Gasteiger partial charge in [-0.2, -0.15) is 31.6 Å². The monoisotopic (exact) mass is 309 g/mol. The first kappa shape index (κ1) is 15.4. The van der Waals surface area contributed by atoms with E-state index in [4.69, 9.17) is 5.26 Å². The first-order chi connectivity index (χ1) is 9.62. The van der Waals surface area contributed by atoms with Crippen LogP contribution in [0.2, 0.25) is 0 Å². The van der Waals surface area contributed by atoms with E-state index in [2.05, 4.69) is 4.98 Å². The minimum atomic E-state index is -4.78. The van der Waals surface area contributed by atoms with Crippen LogP contribution in [0.4, 0.5) is 32.2 Å². The van der Waals surface area contributed by atoms with Gasteiger partial charge in [0, 0.05) is 6.04 Å². The van der Waals surface area contributed by atoms with Crippen molar-refractivity contribution in [1.82, 2.24) is 4.98 Å². The van der Waals surface area contributed by atoms with Gasteiger partial charge in [0.05, 0.1) is 5.56 Å². The lowest BCUT2D eigenvalue weighted by Gasteiger charge is -2.26. The number of alkyl halides is 6. The van der Waals surface area contributed by atoms with Crippen LogP contribution in [0.3, 0.4) is 0 Å². The van der Waals surface area contributed by atoms with E-state index in [1.54, 1.807) is 6.07 Å². The molecule has 0 saturated heterocycles. The summed E-state index contributed by atoms with van der Waals surface area (Å²) in [4.78, 5) is 3.97. The fourth-order valence-electron chi connectivity index (χ4n) is 1.87. The first-order valence-electron chi connectivity index (χ1n) is 5.93. The molecule has 0 spiro atoms. The largest absolute Gasteiger partial charge is 0.433 e. The fourth-order valence-corrected chi connectivity index (χ4v) is 1.87. The third kappa shape index (κ3) is 3.77. The van der Waals surface area contributed by atoms with Crippen molar-refractivity contribution in [3.63, 3.8) is 0 Å². The molecule has 1 heterocycles. The first-order valence-corrected chi connectivity index (χ1v) is 5.93. The number of hydrogen-bond donors (Lipinski definition) is 0. The van der Waals surface area contributed by atoms with Gasteiger partial charge in [0.2, 0.25) is 0 Å². The third-order valence-electron chi connectivity index (χ3n) is 2.90. The molecular weight excluding hydrogens is 300 g/mol. The molecular formula is C12H9F6N3. The van der Waals surface area contributed by atoms with Crippen LogP contribution in [0.25, 0.3) is 0 Å². The van der Waals surface area contributed by atoms with Crippen molar-refractivity contribution in [2.45, 2.75) is 31.2 Å². The van der Waals surface area contributed by atoms with E-state index in [9.17, 15) is 26.3 Å². The molecule has 0 aromatic carbocycles. The number of nitriles is 1. The average Bonchev–Trinajstić information content (AvgIpc) is 3.17. The van der Waals surface area contributed by atoms with Gasteiger partial charge in [-0.25, -0.2) is 4.98 Å². The summed E-state index contributed by atoms with van der Waals surface area (Å²) in [5, 5.41) is 8.88. The van der Waals surface area contributed by atoms with Crippen molar-refractivity contribution in [2.24, 2.45) is 0 Å². The Morgan fingerprint density at radius 1 is 1.19 bits per heavy atom. The highest BCUT2D eigenvalue weighted by Crippen LogP contribution is 2.37. The molecule has 0 bridgehead atoms. The molecule has 2 rings (SSSR count). The zero-order chi connectivity index (χ0) is 15.8. The van der Waals surface area contributed by atoms with Crippen molar-refractivity contribution in [1.29, 1.82) is 5.26 Å². The number of pyridine rings is 1. The van der Waals surface area contributed by atoms with Crippen LogP contribution < -0.4 is 4.90 Å². The SMILES string of the molecule is N#Cc1ccc(C(F)(F)F)nc1N(CC(F)(F)F)C1CC1. The minimum Gasteiger partial charge on any atom is -0.343 e. The summed E-state index contributed by atoms with van der Waals surface area (Å²) in [6.07, 6.45) is -8.51. The topological polar surface area (TPSA) is 39.9 Å². The zero-order valence-corrected chi connectivity index (χ0v) is 10.5. The predicted molar refractivity (Wildman–Crippen MR) is 60.4 cm³/mol. The predicted octanol–water partition coefficient (Wildman–Crippen LogP) is 3.50. The lowest BCUT2D eigenvalue weighted by Crippen LogP contribution is -2.37. The summed E-state index contributed by atoms with van der Waals surface area (Å²) in [7, 11) is 0. The Balaban J connectivity index is 2.45. The van der Waals surface area contributed by atoms with Crippen molar-refractivity contribution in [2.75, 3.05) is 11.4 Å². The highest BCUT2D eigenvalue weighted by molar-refractivity contribution is 5.56. The van der Waals surface area contributed by atoms with Crippen LogP contribution in [0.1, 0.15) is 24.1 Å². The summed E-state index contributed by atoms with van der Waals surface area (Å²) in [6.45, 7) is -1.43. The van der Waals surface area contributed by atoms with Gasteiger partial charge in [-0.15, -0.1) is 0 Å². The van der Waals surface area contributed by atoms with Gasteiger partial charge in [0.25, 0.3) is 0 Å². The minimum absolute atomic E-state index is 0.306. The fraction of sp³-hybridized carbons (Fsp3) is 0.500. The highest BCUT2D eigenvalue weighted by Gasteiger charge is 2.41. The number of aromatic nitrogens is 1. The summed E-state index contributed by atoms with van der Waals surface area (Å²) >= 11 is 0. The molecule has 1 aliphatic rings. The van der Waals surface area contributed by atoms with Gasteiger partial charge < -0.3 is 4.90 Å². The second kappa shape index (κ2) is 5.09. The Bertz CT molecular complexity index is 568. The maximum absolute atomic E-state index is 12.6. The standard InChI is InChI=1S/C12H9F6N3/c13-11(14,15)6-21(8-2-3-8)10-7(5-19)1-4-9(20-10)12(16,17)18/h1,4,8H,2-3,6H2. The molecule has 0 radical (unpaired) electrons. The van der Waals surface area contributed by atoms with E-state index < -0.39 is 36.5 Å². The van der Waals surface area contributed by atoms with Gasteiger partial charge in [0.15, 0.2) is 0 Å². The number of anilines is 1. The number of hydrogen-bond acceptors (Lipinski definition) is 3. The van der Waals surface area contributed by atoms with Crippen molar-refractivity contribution >= 4 is 5.82 Å². The molecule has 0 aliphatic heterocycles. The molecule has 1 aromatic rings. The Kier molecular flexibility index (Phi) is 3.74. The van der Waals surface area contributed by atoms with E-state index in [1.165, 1.54) is 0 Å². The lowest BCUT2D eigenvalue weighted by molar-refractivity contribution is -0.141. The van der Waals surface area contributed by atoms with E-state index in [0.29, 0.717) is 18.9 Å². The second-order valence-electron chi connectivity index (χ2n) is 4.65. The van der Waals surface area contributed by atoms with Crippen LogP contribution >= 0.6 is 0 Å². The summed E-state index contributed by atoms with van der Waals surface area (Å²) in [5.41, 5.74) is -1.62. The van der Waals surface area contributed by atoms with Gasteiger partial charge in [0.1, 0.15) is 24.1 Å². The Hall–Kier alpha value is -1.98. The molecule has 0 amide bonds. The Labute approximate surface area is 115 Å². The van der Waals surface area contributed by atoms with Gasteiger partial charge >= 0.3 is 12.4 Å². The molecule has 21 heavy (non-hydrogen) atoms. The van der Waals surface area contributed by atoms with E-state index >= 15 is 0 Å².